The molecule has 2 aromatic heterocycles. The lowest BCUT2D eigenvalue weighted by molar-refractivity contribution is -0.169. The molecule has 1 aliphatic heterocycles. The minimum Gasteiger partial charge on any atom is -0.338 e. The second-order valence-corrected chi connectivity index (χ2v) is 10.5. The first-order chi connectivity index (χ1) is 15.6. The van der Waals surface area contributed by atoms with Crippen molar-refractivity contribution in [2.45, 2.75) is 36.9 Å². The van der Waals surface area contributed by atoms with Gasteiger partial charge in [-0.1, -0.05) is 0 Å². The minimum absolute atomic E-state index is 0.0853. The Morgan fingerprint density at radius 1 is 1.12 bits per heavy atom. The van der Waals surface area contributed by atoms with Crippen LogP contribution in [-0.4, -0.2) is 46.8 Å². The molecule has 176 valence electrons. The number of hydrogen-bond acceptors (Lipinski definition) is 5. The molecule has 12 heteroatoms. The molecule has 2 N–H and O–H groups in total. The summed E-state index contributed by atoms with van der Waals surface area (Å²) in [6.45, 7) is -0.0215. The highest BCUT2D eigenvalue weighted by Crippen LogP contribution is 2.36. The van der Waals surface area contributed by atoms with Crippen LogP contribution in [-0.2, 0) is 16.6 Å². The summed E-state index contributed by atoms with van der Waals surface area (Å²) >= 11 is 0. The first kappa shape index (κ1) is 22.0. The van der Waals surface area contributed by atoms with Gasteiger partial charge in [0, 0.05) is 31.5 Å². The number of aromatic amines is 1. The lowest BCUT2D eigenvalue weighted by Gasteiger charge is -2.18. The second kappa shape index (κ2) is 7.87. The summed E-state index contributed by atoms with van der Waals surface area (Å²) in [7, 11) is -4.03. The molecule has 33 heavy (non-hydrogen) atoms. The Morgan fingerprint density at radius 2 is 1.85 bits per heavy atom. The quantitative estimate of drug-likeness (QED) is 0.562. The summed E-state index contributed by atoms with van der Waals surface area (Å²) in [5.74, 6) is -0.742. The highest BCUT2D eigenvalue weighted by atomic mass is 32.2. The van der Waals surface area contributed by atoms with E-state index < -0.39 is 28.7 Å². The van der Waals surface area contributed by atoms with Gasteiger partial charge in [0.15, 0.2) is 5.82 Å². The third-order valence-electron chi connectivity index (χ3n) is 6.17. The number of rotatable bonds is 6. The van der Waals surface area contributed by atoms with Crippen LogP contribution in [0.15, 0.2) is 46.2 Å². The number of anilines is 2. The number of benzene rings is 1. The first-order valence-corrected chi connectivity index (χ1v) is 12.1. The van der Waals surface area contributed by atoms with Gasteiger partial charge < -0.3 is 10.3 Å². The highest BCUT2D eigenvalue weighted by molar-refractivity contribution is 7.89. The van der Waals surface area contributed by atoms with Crippen LogP contribution in [0, 0.1) is 11.8 Å². The maximum absolute atomic E-state index is 12.9. The number of nitrogens with zero attached hydrogens (tertiary/aromatic N) is 3. The van der Waals surface area contributed by atoms with Crippen LogP contribution in [0.1, 0.15) is 19.3 Å². The van der Waals surface area contributed by atoms with E-state index in [-0.39, 0.29) is 23.4 Å². The van der Waals surface area contributed by atoms with Gasteiger partial charge in [0.05, 0.1) is 16.3 Å². The fraction of sp³-hybridized carbons (Fsp3) is 0.429. The number of alkyl halides is 3. The van der Waals surface area contributed by atoms with Crippen LogP contribution in [0.3, 0.4) is 0 Å². The Morgan fingerprint density at radius 3 is 2.48 bits per heavy atom. The number of nitrogens with one attached hydrogen (secondary N) is 2. The molecule has 1 saturated carbocycles. The minimum atomic E-state index is -4.42. The topological polar surface area (TPSA) is 100 Å². The zero-order valence-corrected chi connectivity index (χ0v) is 18.3. The molecule has 8 nitrogen and oxygen atoms in total. The molecule has 0 spiro atoms. The van der Waals surface area contributed by atoms with E-state index in [0.29, 0.717) is 34.9 Å². The predicted octanol–water partition coefficient (Wildman–Crippen LogP) is 3.45. The number of halogens is 3. The molecule has 1 atom stereocenters. The van der Waals surface area contributed by atoms with Gasteiger partial charge in [-0.05, 0) is 55.5 Å². The van der Waals surface area contributed by atoms with Gasteiger partial charge >= 0.3 is 6.18 Å². The SMILES string of the molecule is O=c1[nH]ccc2c1c(Nc1ccc(S(=O)(=O)N3CCC(C(F)(F)F)C3)cc1)nn2CC1CC1. The fourth-order valence-electron chi connectivity index (χ4n) is 4.12. The standard InChI is InChI=1S/C21H22F3N5O3S/c22-21(23,24)14-8-10-28(12-14)33(31,32)16-5-3-15(4-6-16)26-19-18-17(7-9-25-20(18)30)29(27-19)11-13-1-2-13/h3-7,9,13-14H,1-2,8,10-12H2,(H,25,30)(H,26,27). The fourth-order valence-corrected chi connectivity index (χ4v) is 5.62. The van der Waals surface area contributed by atoms with E-state index in [2.05, 4.69) is 15.4 Å². The number of H-pyrrole nitrogens is 1. The van der Waals surface area contributed by atoms with Crippen LogP contribution in [0.5, 0.6) is 0 Å². The molecule has 1 unspecified atom stereocenters. The molecule has 0 radical (unpaired) electrons. The Kier molecular flexibility index (Phi) is 5.24. The van der Waals surface area contributed by atoms with Gasteiger partial charge in [0.2, 0.25) is 10.0 Å². The van der Waals surface area contributed by atoms with Crippen molar-refractivity contribution in [2.24, 2.45) is 11.8 Å². The van der Waals surface area contributed by atoms with Crippen LogP contribution in [0.25, 0.3) is 10.9 Å². The molecule has 3 aromatic rings. The molecular formula is C21H22F3N5O3S. The van der Waals surface area contributed by atoms with E-state index in [9.17, 15) is 26.4 Å². The lowest BCUT2D eigenvalue weighted by Crippen LogP contribution is -2.32. The molecule has 0 amide bonds. The average molecular weight is 482 g/mol. The zero-order chi connectivity index (χ0) is 23.4. The monoisotopic (exact) mass is 481 g/mol. The molecule has 1 aliphatic carbocycles. The maximum Gasteiger partial charge on any atom is 0.393 e. The van der Waals surface area contributed by atoms with E-state index in [4.69, 9.17) is 0 Å². The molecular weight excluding hydrogens is 459 g/mol. The smallest absolute Gasteiger partial charge is 0.338 e. The summed E-state index contributed by atoms with van der Waals surface area (Å²) < 4.78 is 67.1. The van der Waals surface area contributed by atoms with Gasteiger partial charge in [-0.2, -0.15) is 22.6 Å². The largest absolute Gasteiger partial charge is 0.393 e. The van der Waals surface area contributed by atoms with Crippen molar-refractivity contribution in [3.63, 3.8) is 0 Å². The first-order valence-electron chi connectivity index (χ1n) is 10.6. The Balaban J connectivity index is 1.38. The predicted molar refractivity (Wildman–Crippen MR) is 116 cm³/mol. The third kappa shape index (κ3) is 4.24. The van der Waals surface area contributed by atoms with Crippen molar-refractivity contribution in [3.8, 4) is 0 Å². The van der Waals surface area contributed by atoms with Gasteiger partial charge in [-0.3, -0.25) is 9.48 Å². The number of hydrogen-bond donors (Lipinski definition) is 2. The highest BCUT2D eigenvalue weighted by Gasteiger charge is 2.46. The number of fused-ring (bicyclic) bond motifs is 1. The van der Waals surface area contributed by atoms with Crippen LogP contribution in [0.4, 0.5) is 24.7 Å². The second-order valence-electron chi connectivity index (χ2n) is 8.58. The summed E-state index contributed by atoms with van der Waals surface area (Å²) in [4.78, 5) is 15.0. The number of pyridine rings is 1. The van der Waals surface area contributed by atoms with Crippen molar-refractivity contribution in [3.05, 3.63) is 46.9 Å². The summed E-state index contributed by atoms with van der Waals surface area (Å²) in [5.41, 5.74) is 0.926. The average Bonchev–Trinajstić information content (AvgIpc) is 3.28. The van der Waals surface area contributed by atoms with Crippen LogP contribution in [0.2, 0.25) is 0 Å². The number of aromatic nitrogens is 3. The number of sulfonamides is 1. The summed E-state index contributed by atoms with van der Waals surface area (Å²) in [5, 5.41) is 8.02. The van der Waals surface area contributed by atoms with Gasteiger partial charge in [-0.25, -0.2) is 8.42 Å². The summed E-state index contributed by atoms with van der Waals surface area (Å²) in [6, 6.07) is 7.48. The van der Waals surface area contributed by atoms with Gasteiger partial charge in [0.1, 0.15) is 5.39 Å². The van der Waals surface area contributed by atoms with E-state index >= 15 is 0 Å². The molecule has 2 fully saturated rings. The van der Waals surface area contributed by atoms with E-state index in [1.807, 2.05) is 0 Å². The van der Waals surface area contributed by atoms with Crippen molar-refractivity contribution < 1.29 is 21.6 Å². The van der Waals surface area contributed by atoms with Crippen molar-refractivity contribution in [1.82, 2.24) is 19.1 Å². The zero-order valence-electron chi connectivity index (χ0n) is 17.5. The summed E-state index contributed by atoms with van der Waals surface area (Å²) in [6.07, 6.45) is -0.829. The molecule has 3 heterocycles. The van der Waals surface area contributed by atoms with E-state index in [0.717, 1.165) is 17.1 Å². The Hall–Kier alpha value is -2.86. The molecule has 2 aliphatic rings. The van der Waals surface area contributed by atoms with E-state index in [1.165, 1.54) is 24.3 Å². The van der Waals surface area contributed by atoms with Crippen LogP contribution >= 0.6 is 0 Å². The molecule has 1 aromatic carbocycles. The van der Waals surface area contributed by atoms with Gasteiger partial charge in [-0.15, -0.1) is 0 Å². The Labute approximate surface area is 187 Å². The van der Waals surface area contributed by atoms with Crippen molar-refractivity contribution in [2.75, 3.05) is 18.4 Å². The van der Waals surface area contributed by atoms with Crippen molar-refractivity contribution >= 4 is 32.4 Å². The normalized spacial score (nSPS) is 19.9. The maximum atomic E-state index is 12.9. The van der Waals surface area contributed by atoms with Gasteiger partial charge in [0.25, 0.3) is 5.56 Å². The van der Waals surface area contributed by atoms with Crippen LogP contribution < -0.4 is 10.9 Å². The Bertz CT molecular complexity index is 1340. The molecule has 0 bridgehead atoms. The molecule has 1 saturated heterocycles. The third-order valence-corrected chi connectivity index (χ3v) is 8.05. The lowest BCUT2D eigenvalue weighted by atomic mass is 10.1. The van der Waals surface area contributed by atoms with E-state index in [1.54, 1.807) is 16.9 Å². The molecule has 5 rings (SSSR count). The van der Waals surface area contributed by atoms with Crippen molar-refractivity contribution in [1.29, 1.82) is 0 Å².